The summed E-state index contributed by atoms with van der Waals surface area (Å²) in [6.45, 7) is 1.19. The van der Waals surface area contributed by atoms with Crippen molar-refractivity contribution < 1.29 is 19.1 Å². The topological polar surface area (TPSA) is 69.6 Å². The first kappa shape index (κ1) is 14.8. The quantitative estimate of drug-likeness (QED) is 0.893. The summed E-state index contributed by atoms with van der Waals surface area (Å²) >= 11 is 0. The molecule has 1 saturated heterocycles. The Morgan fingerprint density at radius 1 is 1.41 bits per heavy atom. The van der Waals surface area contributed by atoms with Gasteiger partial charge in [0.15, 0.2) is 0 Å². The minimum absolute atomic E-state index is 0.163. The van der Waals surface area contributed by atoms with Crippen molar-refractivity contribution in [3.63, 3.8) is 0 Å². The number of halogens is 1. The molecule has 2 aliphatic rings. The van der Waals surface area contributed by atoms with Crippen LogP contribution in [0.15, 0.2) is 24.3 Å². The molecule has 1 unspecified atom stereocenters. The Morgan fingerprint density at radius 3 is 2.77 bits per heavy atom. The van der Waals surface area contributed by atoms with Crippen molar-refractivity contribution in [1.82, 2.24) is 10.2 Å². The highest BCUT2D eigenvalue weighted by molar-refractivity contribution is 5.77. The molecule has 0 aromatic heterocycles. The monoisotopic (exact) mass is 306 g/mol. The van der Waals surface area contributed by atoms with Gasteiger partial charge in [-0.2, -0.15) is 0 Å². The zero-order valence-corrected chi connectivity index (χ0v) is 12.2. The van der Waals surface area contributed by atoms with Crippen LogP contribution in [0, 0.1) is 11.7 Å². The molecule has 1 aromatic carbocycles. The van der Waals surface area contributed by atoms with Crippen LogP contribution in [-0.2, 0) is 10.2 Å². The first-order chi connectivity index (χ1) is 10.5. The number of rotatable bonds is 4. The Labute approximate surface area is 128 Å². The molecular weight excluding hydrogens is 287 g/mol. The Morgan fingerprint density at radius 2 is 2.18 bits per heavy atom. The summed E-state index contributed by atoms with van der Waals surface area (Å²) in [4.78, 5) is 24.6. The first-order valence-corrected chi connectivity index (χ1v) is 7.52. The van der Waals surface area contributed by atoms with Gasteiger partial charge in [-0.3, -0.25) is 4.79 Å². The van der Waals surface area contributed by atoms with Gasteiger partial charge in [0.2, 0.25) is 0 Å². The van der Waals surface area contributed by atoms with Gasteiger partial charge in [0.05, 0.1) is 5.92 Å². The average molecular weight is 306 g/mol. The molecule has 1 saturated carbocycles. The van der Waals surface area contributed by atoms with Gasteiger partial charge in [-0.05, 0) is 37.0 Å². The lowest BCUT2D eigenvalue weighted by atomic mass is 9.96. The van der Waals surface area contributed by atoms with Crippen molar-refractivity contribution in [3.8, 4) is 0 Å². The van der Waals surface area contributed by atoms with E-state index >= 15 is 0 Å². The van der Waals surface area contributed by atoms with Gasteiger partial charge in [0.25, 0.3) is 0 Å². The van der Waals surface area contributed by atoms with Gasteiger partial charge in [-0.15, -0.1) is 0 Å². The van der Waals surface area contributed by atoms with Gasteiger partial charge < -0.3 is 15.3 Å². The number of carbonyl (C=O) groups is 2. The maximum Gasteiger partial charge on any atom is 0.317 e. The second-order valence-corrected chi connectivity index (χ2v) is 6.22. The van der Waals surface area contributed by atoms with E-state index in [0.717, 1.165) is 18.4 Å². The fourth-order valence-electron chi connectivity index (χ4n) is 3.04. The smallest absolute Gasteiger partial charge is 0.317 e. The molecule has 1 atom stereocenters. The number of urea groups is 1. The number of carbonyl (C=O) groups excluding carboxylic acids is 1. The maximum absolute atomic E-state index is 13.3. The van der Waals surface area contributed by atoms with Crippen LogP contribution in [0.3, 0.4) is 0 Å². The SMILES string of the molecule is O=C(O)C1CCN(C(=O)NCC2(c3cccc(F)c3)CC2)C1. The predicted molar refractivity (Wildman–Crippen MR) is 78.0 cm³/mol. The molecule has 2 amide bonds. The van der Waals surface area contributed by atoms with Gasteiger partial charge in [-0.25, -0.2) is 9.18 Å². The summed E-state index contributed by atoms with van der Waals surface area (Å²) in [6, 6.07) is 6.28. The number of benzene rings is 1. The van der Waals surface area contributed by atoms with E-state index in [4.69, 9.17) is 5.11 Å². The van der Waals surface area contributed by atoms with Crippen molar-refractivity contribution in [1.29, 1.82) is 0 Å². The van der Waals surface area contributed by atoms with E-state index < -0.39 is 11.9 Å². The molecule has 0 radical (unpaired) electrons. The van der Waals surface area contributed by atoms with Crippen LogP contribution in [0.2, 0.25) is 0 Å². The molecule has 5 nitrogen and oxygen atoms in total. The molecule has 1 aliphatic heterocycles. The predicted octanol–water partition coefficient (Wildman–Crippen LogP) is 1.97. The molecule has 22 heavy (non-hydrogen) atoms. The van der Waals surface area contributed by atoms with Crippen molar-refractivity contribution >= 4 is 12.0 Å². The zero-order chi connectivity index (χ0) is 15.7. The van der Waals surface area contributed by atoms with Crippen molar-refractivity contribution in [2.45, 2.75) is 24.7 Å². The van der Waals surface area contributed by atoms with E-state index in [9.17, 15) is 14.0 Å². The summed E-state index contributed by atoms with van der Waals surface area (Å²) in [6.07, 6.45) is 2.35. The summed E-state index contributed by atoms with van der Waals surface area (Å²) in [5.41, 5.74) is 0.751. The Kier molecular flexibility index (Phi) is 3.76. The first-order valence-electron chi connectivity index (χ1n) is 7.52. The second-order valence-electron chi connectivity index (χ2n) is 6.22. The maximum atomic E-state index is 13.3. The average Bonchev–Trinajstić information content (AvgIpc) is 3.11. The van der Waals surface area contributed by atoms with Gasteiger partial charge in [-0.1, -0.05) is 12.1 Å². The van der Waals surface area contributed by atoms with Crippen molar-refractivity contribution in [2.75, 3.05) is 19.6 Å². The van der Waals surface area contributed by atoms with Gasteiger partial charge in [0, 0.05) is 25.0 Å². The van der Waals surface area contributed by atoms with Gasteiger partial charge >= 0.3 is 12.0 Å². The summed E-state index contributed by atoms with van der Waals surface area (Å²) in [5, 5.41) is 11.8. The number of carboxylic acids is 1. The molecule has 2 N–H and O–H groups in total. The zero-order valence-electron chi connectivity index (χ0n) is 12.2. The Balaban J connectivity index is 1.56. The highest BCUT2D eigenvalue weighted by Crippen LogP contribution is 2.47. The lowest BCUT2D eigenvalue weighted by Crippen LogP contribution is -2.42. The molecule has 1 aromatic rings. The van der Waals surface area contributed by atoms with Gasteiger partial charge in [0.1, 0.15) is 5.82 Å². The molecule has 0 spiro atoms. The van der Waals surface area contributed by atoms with E-state index in [1.54, 1.807) is 11.0 Å². The van der Waals surface area contributed by atoms with E-state index in [1.807, 2.05) is 6.07 Å². The molecule has 2 fully saturated rings. The fourth-order valence-corrected chi connectivity index (χ4v) is 3.04. The number of hydrogen-bond acceptors (Lipinski definition) is 2. The summed E-state index contributed by atoms with van der Waals surface area (Å²) in [7, 11) is 0. The number of amides is 2. The van der Waals surface area contributed by atoms with Crippen LogP contribution >= 0.6 is 0 Å². The van der Waals surface area contributed by atoms with Crippen LogP contribution in [0.4, 0.5) is 9.18 Å². The van der Waals surface area contributed by atoms with E-state index in [1.165, 1.54) is 12.1 Å². The largest absolute Gasteiger partial charge is 0.481 e. The van der Waals surface area contributed by atoms with Crippen molar-refractivity contribution in [2.24, 2.45) is 5.92 Å². The third-order valence-electron chi connectivity index (χ3n) is 4.69. The lowest BCUT2D eigenvalue weighted by Gasteiger charge is -2.21. The van der Waals surface area contributed by atoms with E-state index in [2.05, 4.69) is 5.32 Å². The molecule has 1 aliphatic carbocycles. The standard InChI is InChI=1S/C16H19FN2O3/c17-13-3-1-2-12(8-13)16(5-6-16)10-18-15(22)19-7-4-11(9-19)14(20)21/h1-3,8,11H,4-7,9-10H2,(H,18,22)(H,20,21). The highest BCUT2D eigenvalue weighted by atomic mass is 19.1. The number of nitrogens with zero attached hydrogens (tertiary/aromatic N) is 1. The van der Waals surface area contributed by atoms with E-state index in [0.29, 0.717) is 19.5 Å². The highest BCUT2D eigenvalue weighted by Gasteiger charge is 2.45. The Hall–Kier alpha value is -2.11. The van der Waals surface area contributed by atoms with Crippen LogP contribution < -0.4 is 5.32 Å². The van der Waals surface area contributed by atoms with Crippen LogP contribution in [0.25, 0.3) is 0 Å². The van der Waals surface area contributed by atoms with Crippen LogP contribution in [-0.4, -0.2) is 41.6 Å². The summed E-state index contributed by atoms with van der Waals surface area (Å²) < 4.78 is 13.3. The third-order valence-corrected chi connectivity index (χ3v) is 4.69. The molecule has 3 rings (SSSR count). The number of hydrogen-bond donors (Lipinski definition) is 2. The third kappa shape index (κ3) is 2.91. The normalized spacial score (nSPS) is 22.4. The molecule has 118 valence electrons. The van der Waals surface area contributed by atoms with Crippen LogP contribution in [0.5, 0.6) is 0 Å². The number of aliphatic carboxylic acids is 1. The molecule has 1 heterocycles. The number of likely N-dealkylation sites (tertiary alicyclic amines) is 1. The fraction of sp³-hybridized carbons (Fsp3) is 0.500. The minimum Gasteiger partial charge on any atom is -0.481 e. The number of carboxylic acid groups (broad SMARTS) is 1. The minimum atomic E-state index is -0.853. The second kappa shape index (κ2) is 5.59. The number of nitrogens with one attached hydrogen (secondary N) is 1. The summed E-state index contributed by atoms with van der Waals surface area (Å²) in [5.74, 6) is -1.59. The van der Waals surface area contributed by atoms with Crippen LogP contribution in [0.1, 0.15) is 24.8 Å². The molecule has 0 bridgehead atoms. The van der Waals surface area contributed by atoms with E-state index in [-0.39, 0.29) is 23.8 Å². The molecular formula is C16H19FN2O3. The molecule has 6 heteroatoms. The van der Waals surface area contributed by atoms with Crippen molar-refractivity contribution in [3.05, 3.63) is 35.6 Å². The lowest BCUT2D eigenvalue weighted by molar-refractivity contribution is -0.141. The Bertz CT molecular complexity index is 601.